The van der Waals surface area contributed by atoms with Crippen molar-refractivity contribution in [2.24, 2.45) is 0 Å². The summed E-state index contributed by atoms with van der Waals surface area (Å²) in [7, 11) is 0. The van der Waals surface area contributed by atoms with Gasteiger partial charge in [-0.2, -0.15) is 0 Å². The average molecular weight is 487 g/mol. The maximum atomic E-state index is 12.2. The summed E-state index contributed by atoms with van der Waals surface area (Å²) in [5, 5.41) is 0. The topological polar surface area (TPSA) is 107 Å². The van der Waals surface area contributed by atoms with Gasteiger partial charge in [-0.25, -0.2) is 14.4 Å². The monoisotopic (exact) mass is 486 g/mol. The number of esters is 1. The number of benzene rings is 2. The molecule has 2 aromatic carbocycles. The van der Waals surface area contributed by atoms with Crippen molar-refractivity contribution in [1.82, 2.24) is 0 Å². The van der Waals surface area contributed by atoms with Crippen molar-refractivity contribution in [3.8, 4) is 28.7 Å². The van der Waals surface area contributed by atoms with Crippen LogP contribution in [0.2, 0.25) is 0 Å². The maximum absolute atomic E-state index is 12.2. The number of carbonyl (C=O) groups excluding carboxylic acids is 3. The summed E-state index contributed by atoms with van der Waals surface area (Å²) in [4.78, 5) is 36.0. The molecule has 188 valence electrons. The van der Waals surface area contributed by atoms with Gasteiger partial charge in [0.05, 0.1) is 0 Å². The van der Waals surface area contributed by atoms with E-state index in [9.17, 15) is 14.4 Å². The fourth-order valence-electron chi connectivity index (χ4n) is 2.34. The molecule has 0 atom stereocenters. The molecule has 0 fully saturated rings. The molecule has 0 heterocycles. The highest BCUT2D eigenvalue weighted by Crippen LogP contribution is 2.35. The third kappa shape index (κ3) is 9.79. The SMILES string of the molecule is C=C(C)C(=O)Oc1ccc(Oc2ccc(OC(=O)OC(C)(C)C)c(OC(=O)OC(C)(C)C)c2)cc1. The molecule has 0 saturated carbocycles. The Balaban J connectivity index is 2.24. The Bertz CT molecular complexity index is 1090. The lowest BCUT2D eigenvalue weighted by atomic mass is 10.2. The van der Waals surface area contributed by atoms with Crippen LogP contribution in [0, 0.1) is 0 Å². The van der Waals surface area contributed by atoms with E-state index in [1.165, 1.54) is 18.2 Å². The van der Waals surface area contributed by atoms with E-state index in [4.69, 9.17) is 28.4 Å². The number of ether oxygens (including phenoxy) is 6. The van der Waals surface area contributed by atoms with Gasteiger partial charge >= 0.3 is 18.3 Å². The van der Waals surface area contributed by atoms with E-state index in [1.54, 1.807) is 72.7 Å². The molecular weight excluding hydrogens is 456 g/mol. The van der Waals surface area contributed by atoms with Crippen LogP contribution in [-0.2, 0) is 14.3 Å². The zero-order valence-corrected chi connectivity index (χ0v) is 20.9. The maximum Gasteiger partial charge on any atom is 0.514 e. The van der Waals surface area contributed by atoms with Gasteiger partial charge in [-0.15, -0.1) is 0 Å². The summed E-state index contributed by atoms with van der Waals surface area (Å²) < 4.78 is 31.8. The fraction of sp³-hybridized carbons (Fsp3) is 0.346. The van der Waals surface area contributed by atoms with Gasteiger partial charge < -0.3 is 28.4 Å². The van der Waals surface area contributed by atoms with Gasteiger partial charge in [0.15, 0.2) is 11.5 Å². The van der Waals surface area contributed by atoms with Crippen molar-refractivity contribution in [3.05, 3.63) is 54.6 Å². The summed E-state index contributed by atoms with van der Waals surface area (Å²) in [5.41, 5.74) is -1.30. The van der Waals surface area contributed by atoms with E-state index < -0.39 is 29.5 Å². The highest BCUT2D eigenvalue weighted by atomic mass is 16.8. The van der Waals surface area contributed by atoms with Crippen LogP contribution < -0.4 is 18.9 Å². The van der Waals surface area contributed by atoms with E-state index in [2.05, 4.69) is 6.58 Å². The Kier molecular flexibility index (Phi) is 8.52. The van der Waals surface area contributed by atoms with Crippen LogP contribution in [0.25, 0.3) is 0 Å². The highest BCUT2D eigenvalue weighted by molar-refractivity contribution is 5.88. The predicted molar refractivity (Wildman–Crippen MR) is 127 cm³/mol. The van der Waals surface area contributed by atoms with E-state index >= 15 is 0 Å². The molecule has 2 aromatic rings. The van der Waals surface area contributed by atoms with Crippen LogP contribution in [0.5, 0.6) is 28.7 Å². The molecule has 0 bridgehead atoms. The van der Waals surface area contributed by atoms with Gasteiger partial charge in [-0.1, -0.05) is 6.58 Å². The number of hydrogen-bond acceptors (Lipinski definition) is 9. The van der Waals surface area contributed by atoms with Gasteiger partial charge in [0.2, 0.25) is 0 Å². The summed E-state index contributed by atoms with van der Waals surface area (Å²) in [5.74, 6) is 0.272. The first-order valence-corrected chi connectivity index (χ1v) is 10.7. The smallest absolute Gasteiger partial charge is 0.457 e. The Morgan fingerprint density at radius 1 is 0.657 bits per heavy atom. The van der Waals surface area contributed by atoms with Crippen molar-refractivity contribution < 1.29 is 42.8 Å². The summed E-state index contributed by atoms with van der Waals surface area (Å²) in [6.45, 7) is 15.2. The highest BCUT2D eigenvalue weighted by Gasteiger charge is 2.23. The molecule has 9 heteroatoms. The van der Waals surface area contributed by atoms with Crippen LogP contribution in [-0.4, -0.2) is 29.5 Å². The van der Waals surface area contributed by atoms with E-state index in [0.29, 0.717) is 11.5 Å². The number of rotatable bonds is 6. The van der Waals surface area contributed by atoms with Crippen molar-refractivity contribution in [2.75, 3.05) is 0 Å². The minimum absolute atomic E-state index is 0.0699. The standard InChI is InChI=1S/C26H30O9/c1-16(2)22(27)31-18-11-9-17(10-12-18)30-19-13-14-20(32-23(28)34-25(3,4)5)21(15-19)33-24(29)35-26(6,7)8/h9-15H,1H2,2-8H3. The average Bonchev–Trinajstić information content (AvgIpc) is 2.68. The number of carbonyl (C=O) groups is 3. The lowest BCUT2D eigenvalue weighted by Crippen LogP contribution is -2.27. The molecule has 0 unspecified atom stereocenters. The molecule has 0 radical (unpaired) electrons. The second-order valence-corrected chi connectivity index (χ2v) is 9.48. The van der Waals surface area contributed by atoms with Gasteiger partial charge in [-0.3, -0.25) is 0 Å². The zero-order valence-electron chi connectivity index (χ0n) is 20.9. The van der Waals surface area contributed by atoms with Crippen molar-refractivity contribution in [2.45, 2.75) is 59.7 Å². The molecule has 0 N–H and O–H groups in total. The molecule has 0 aliphatic rings. The second kappa shape index (κ2) is 10.9. The summed E-state index contributed by atoms with van der Waals surface area (Å²) in [6.07, 6.45) is -1.97. The summed E-state index contributed by atoms with van der Waals surface area (Å²) >= 11 is 0. The van der Waals surface area contributed by atoms with E-state index in [0.717, 1.165) is 0 Å². The lowest BCUT2D eigenvalue weighted by Gasteiger charge is -2.21. The largest absolute Gasteiger partial charge is 0.514 e. The van der Waals surface area contributed by atoms with E-state index in [-0.39, 0.29) is 22.8 Å². The molecule has 2 rings (SSSR count). The second-order valence-electron chi connectivity index (χ2n) is 9.48. The van der Waals surface area contributed by atoms with Crippen LogP contribution in [0.15, 0.2) is 54.6 Å². The predicted octanol–water partition coefficient (Wildman–Crippen LogP) is 6.59. The van der Waals surface area contributed by atoms with Gasteiger partial charge in [0.1, 0.15) is 28.5 Å². The van der Waals surface area contributed by atoms with Gasteiger partial charge in [-0.05, 0) is 84.9 Å². The minimum atomic E-state index is -0.993. The molecule has 0 spiro atoms. The first kappa shape index (κ1) is 27.2. The summed E-state index contributed by atoms with van der Waals surface area (Å²) in [6, 6.07) is 10.5. The molecule has 9 nitrogen and oxygen atoms in total. The Morgan fingerprint density at radius 2 is 1.11 bits per heavy atom. The van der Waals surface area contributed by atoms with Crippen LogP contribution in [0.4, 0.5) is 9.59 Å². The third-order valence-corrected chi connectivity index (χ3v) is 3.70. The van der Waals surface area contributed by atoms with Gasteiger partial charge in [0, 0.05) is 11.6 Å². The fourth-order valence-corrected chi connectivity index (χ4v) is 2.34. The first-order chi connectivity index (χ1) is 16.1. The van der Waals surface area contributed by atoms with E-state index in [1.807, 2.05) is 0 Å². The molecule has 0 saturated heterocycles. The molecule has 0 aliphatic carbocycles. The molecule has 0 aromatic heterocycles. The van der Waals surface area contributed by atoms with Gasteiger partial charge in [0.25, 0.3) is 0 Å². The molecule has 35 heavy (non-hydrogen) atoms. The normalized spacial score (nSPS) is 11.2. The Morgan fingerprint density at radius 3 is 1.60 bits per heavy atom. The van der Waals surface area contributed by atoms with Crippen LogP contribution in [0.3, 0.4) is 0 Å². The van der Waals surface area contributed by atoms with Crippen molar-refractivity contribution in [1.29, 1.82) is 0 Å². The first-order valence-electron chi connectivity index (χ1n) is 10.7. The van der Waals surface area contributed by atoms with Crippen LogP contribution in [0.1, 0.15) is 48.5 Å². The Labute approximate surface area is 204 Å². The molecular formula is C26H30O9. The van der Waals surface area contributed by atoms with Crippen molar-refractivity contribution >= 4 is 18.3 Å². The molecule has 0 aliphatic heterocycles. The van der Waals surface area contributed by atoms with Crippen LogP contribution >= 0.6 is 0 Å². The number of hydrogen-bond donors (Lipinski definition) is 0. The lowest BCUT2D eigenvalue weighted by molar-refractivity contribution is -0.130. The quantitative estimate of drug-likeness (QED) is 0.193. The third-order valence-electron chi connectivity index (χ3n) is 3.70. The Hall–Kier alpha value is -4.01. The zero-order chi connectivity index (χ0) is 26.4. The molecule has 0 amide bonds. The van der Waals surface area contributed by atoms with Crippen molar-refractivity contribution in [3.63, 3.8) is 0 Å². The minimum Gasteiger partial charge on any atom is -0.457 e.